The molecule has 7 N–H and O–H groups in total. The first-order valence-corrected chi connectivity index (χ1v) is 19.6. The third-order valence-corrected chi connectivity index (χ3v) is 9.40. The van der Waals surface area contributed by atoms with Gasteiger partial charge in [0, 0.05) is 55.2 Å². The number of nitrogens with zero attached hydrogens (tertiary/aromatic N) is 5. The predicted octanol–water partition coefficient (Wildman–Crippen LogP) is 5.57. The first kappa shape index (κ1) is 44.4. The van der Waals surface area contributed by atoms with Crippen molar-refractivity contribution in [2.24, 2.45) is 19.8 Å². The molecular weight excluding hydrogens is 779 g/mol. The summed E-state index contributed by atoms with van der Waals surface area (Å²) in [5.41, 5.74) is 12.7. The number of aromatic nitrogens is 4. The Morgan fingerprint density at radius 3 is 1.48 bits per heavy atom. The number of amides is 2. The van der Waals surface area contributed by atoms with Crippen molar-refractivity contribution in [1.29, 1.82) is 5.41 Å². The molecule has 2 heterocycles. The van der Waals surface area contributed by atoms with Crippen LogP contribution in [0.25, 0.3) is 26.9 Å². The molecule has 0 fully saturated rings. The number of amidine groups is 1. The lowest BCUT2D eigenvalue weighted by atomic mass is 10.2. The van der Waals surface area contributed by atoms with Crippen LogP contribution in [0.2, 0.25) is 0 Å². The molecule has 0 aliphatic heterocycles. The molecule has 6 aromatic rings. The van der Waals surface area contributed by atoms with Gasteiger partial charge in [-0.05, 0) is 86.6 Å². The molecule has 0 saturated carbocycles. The quantitative estimate of drug-likeness (QED) is 0.0289. The molecule has 0 bridgehead atoms. The lowest BCUT2D eigenvalue weighted by molar-refractivity contribution is -0.143. The van der Waals surface area contributed by atoms with Gasteiger partial charge in [0.2, 0.25) is 0 Å². The summed E-state index contributed by atoms with van der Waals surface area (Å²) < 4.78 is 13.6. The second kappa shape index (κ2) is 21.3. The Morgan fingerprint density at radius 2 is 1.08 bits per heavy atom. The average molecular weight is 828 g/mol. The van der Waals surface area contributed by atoms with E-state index in [1.807, 2.05) is 59.6 Å². The zero-order valence-corrected chi connectivity index (χ0v) is 34.5. The van der Waals surface area contributed by atoms with Gasteiger partial charge in [0.15, 0.2) is 5.69 Å². The van der Waals surface area contributed by atoms with E-state index in [2.05, 4.69) is 36.1 Å². The summed E-state index contributed by atoms with van der Waals surface area (Å²) in [5.74, 6) is 0.468. The number of carbonyl (C=O) groups excluding carboxylic acids is 4. The van der Waals surface area contributed by atoms with Crippen molar-refractivity contribution in [3.63, 3.8) is 0 Å². The Labute approximate surface area is 353 Å². The molecule has 0 radical (unpaired) electrons. The molecule has 6 rings (SSSR count). The third kappa shape index (κ3) is 12.1. The van der Waals surface area contributed by atoms with Crippen molar-refractivity contribution in [3.05, 3.63) is 125 Å². The van der Waals surface area contributed by atoms with Crippen LogP contribution >= 0.6 is 0 Å². The van der Waals surface area contributed by atoms with E-state index in [1.54, 1.807) is 62.4 Å². The van der Waals surface area contributed by atoms with Gasteiger partial charge in [-0.3, -0.25) is 24.6 Å². The molecule has 0 atom stereocenters. The molecular formula is C44H49N11O6. The monoisotopic (exact) mass is 827 g/mol. The van der Waals surface area contributed by atoms with Gasteiger partial charge in [-0.25, -0.2) is 14.8 Å². The van der Waals surface area contributed by atoms with Crippen LogP contribution in [0.5, 0.6) is 0 Å². The number of aryl methyl sites for hydroxylation is 2. The Kier molecular flexibility index (Phi) is 15.5. The maximum Gasteiger partial charge on any atom is 0.307 e. The smallest absolute Gasteiger partial charge is 0.307 e. The molecule has 2 amide bonds. The fraction of sp³-hybridized carbons (Fsp3) is 0.273. The maximum absolute atomic E-state index is 12.4. The minimum Gasteiger partial charge on any atom is -0.466 e. The van der Waals surface area contributed by atoms with Crippen LogP contribution in [0.1, 0.15) is 64.6 Å². The zero-order chi connectivity index (χ0) is 43.9. The second-order valence-corrected chi connectivity index (χ2v) is 13.6. The Morgan fingerprint density at radius 1 is 0.672 bits per heavy atom. The van der Waals surface area contributed by atoms with E-state index < -0.39 is 0 Å². The van der Waals surface area contributed by atoms with Crippen molar-refractivity contribution in [3.8, 4) is 0 Å². The fourth-order valence-corrected chi connectivity index (χ4v) is 6.11. The number of benzene rings is 4. The van der Waals surface area contributed by atoms with Crippen LogP contribution in [0.4, 0.5) is 17.1 Å². The largest absolute Gasteiger partial charge is 0.466 e. The normalized spacial score (nSPS) is 10.5. The van der Waals surface area contributed by atoms with E-state index in [1.165, 1.54) is 0 Å². The molecule has 0 unspecified atom stereocenters. The molecule has 17 heteroatoms. The van der Waals surface area contributed by atoms with Crippen LogP contribution < -0.4 is 27.0 Å². The summed E-state index contributed by atoms with van der Waals surface area (Å²) in [6, 6.07) is 25.2. The van der Waals surface area contributed by atoms with Gasteiger partial charge < -0.3 is 45.6 Å². The zero-order valence-electron chi connectivity index (χ0n) is 34.5. The van der Waals surface area contributed by atoms with Gasteiger partial charge in [0.05, 0.1) is 67.8 Å². The number of nitrogens with two attached hydrogens (primary N) is 1. The average Bonchev–Trinajstić information content (AvgIpc) is 3.76. The van der Waals surface area contributed by atoms with Crippen LogP contribution in [0.15, 0.2) is 84.9 Å². The van der Waals surface area contributed by atoms with Gasteiger partial charge in [-0.15, -0.1) is 0 Å². The summed E-state index contributed by atoms with van der Waals surface area (Å²) in [6.07, 6.45) is 0.271. The van der Waals surface area contributed by atoms with Gasteiger partial charge in [0.1, 0.15) is 17.5 Å². The topological polar surface area (TPSA) is 225 Å². The van der Waals surface area contributed by atoms with E-state index >= 15 is 0 Å². The van der Waals surface area contributed by atoms with Crippen LogP contribution in [-0.4, -0.2) is 75.0 Å². The number of nitrogens with one attached hydrogen (secondary N) is 5. The van der Waals surface area contributed by atoms with E-state index in [4.69, 9.17) is 27.2 Å². The van der Waals surface area contributed by atoms with Crippen LogP contribution in [-0.2, 0) is 46.2 Å². The highest BCUT2D eigenvalue weighted by Gasteiger charge is 2.14. The van der Waals surface area contributed by atoms with Crippen LogP contribution in [0.3, 0.4) is 0 Å². The minimum absolute atomic E-state index is 0.0302. The van der Waals surface area contributed by atoms with Crippen molar-refractivity contribution in [2.75, 3.05) is 36.9 Å². The number of esters is 2. The first-order chi connectivity index (χ1) is 29.4. The number of imidazole rings is 2. The Balaban J connectivity index is 0.000000231. The molecule has 2 aromatic heterocycles. The number of nitrogen functional groups attached to an aromatic ring is 1. The van der Waals surface area contributed by atoms with Gasteiger partial charge in [-0.1, -0.05) is 12.1 Å². The minimum atomic E-state index is -0.337. The molecule has 17 nitrogen and oxygen atoms in total. The number of ether oxygens (including phenoxy) is 2. The van der Waals surface area contributed by atoms with E-state index in [0.29, 0.717) is 54.2 Å². The highest BCUT2D eigenvalue weighted by Crippen LogP contribution is 2.21. The van der Waals surface area contributed by atoms with Crippen LogP contribution in [0, 0.1) is 12.0 Å². The SMILES string of the molecule is CCOC(=O)CCNC(=O)c1ccc2c(c1)nc(CNc1ccc(C(=N)N)cc1)n2C.[C-]#[N+]c1ccc(NCc2nc3cc(C(=O)NCCC(=O)OCC)ccc3n2C)cc1. The van der Waals surface area contributed by atoms with Crippen molar-refractivity contribution in [2.45, 2.75) is 39.8 Å². The summed E-state index contributed by atoms with van der Waals surface area (Å²) in [6.45, 7) is 12.6. The second-order valence-electron chi connectivity index (χ2n) is 13.6. The summed E-state index contributed by atoms with van der Waals surface area (Å²) in [7, 11) is 3.85. The molecule has 4 aromatic carbocycles. The van der Waals surface area contributed by atoms with E-state index in [-0.39, 0.29) is 55.5 Å². The molecule has 61 heavy (non-hydrogen) atoms. The molecule has 0 spiro atoms. The van der Waals surface area contributed by atoms with E-state index in [9.17, 15) is 19.2 Å². The number of hydrogen-bond donors (Lipinski definition) is 6. The highest BCUT2D eigenvalue weighted by molar-refractivity contribution is 5.98. The van der Waals surface area contributed by atoms with Gasteiger partial charge >= 0.3 is 11.9 Å². The lowest BCUT2D eigenvalue weighted by Gasteiger charge is -2.07. The number of carbonyl (C=O) groups is 4. The molecule has 0 aliphatic rings. The van der Waals surface area contributed by atoms with Gasteiger partial charge in [-0.2, -0.15) is 0 Å². The van der Waals surface area contributed by atoms with Crippen molar-refractivity contribution < 1.29 is 28.7 Å². The summed E-state index contributed by atoms with van der Waals surface area (Å²) >= 11 is 0. The number of anilines is 2. The summed E-state index contributed by atoms with van der Waals surface area (Å²) in [5, 5.41) is 19.5. The Hall–Kier alpha value is -7.74. The molecule has 0 saturated heterocycles. The maximum atomic E-state index is 12.4. The standard InChI is InChI=1S/C22H26N6O3.C22H23N5O3/c1-3-31-20(29)10-11-25-22(30)15-6-9-18-17(12-15)27-19(28(18)2)13-26-16-7-4-14(5-8-16)21(23)24;1-4-30-21(28)11-12-24-22(29)15-5-10-19-18(13-15)26-20(27(19)3)14-25-17-8-6-16(23-2)7-9-17/h4-9,12,26H,3,10-11,13H2,1-2H3,(H3,23,24)(H,25,30);5-10,13,25H,4,11-12,14H2,1,3H3,(H,24,29). The third-order valence-electron chi connectivity index (χ3n) is 9.40. The lowest BCUT2D eigenvalue weighted by Crippen LogP contribution is -2.26. The molecule has 0 aliphatic carbocycles. The predicted molar refractivity (Wildman–Crippen MR) is 233 cm³/mol. The highest BCUT2D eigenvalue weighted by atomic mass is 16.5. The van der Waals surface area contributed by atoms with Crippen molar-refractivity contribution >= 4 is 68.7 Å². The number of rotatable bonds is 17. The number of hydrogen-bond acceptors (Lipinski definition) is 11. The Bertz CT molecular complexity index is 2560. The number of fused-ring (bicyclic) bond motifs is 2. The van der Waals surface area contributed by atoms with E-state index in [0.717, 1.165) is 39.6 Å². The summed E-state index contributed by atoms with van der Waals surface area (Å²) in [4.78, 5) is 60.1. The van der Waals surface area contributed by atoms with Crippen molar-refractivity contribution in [1.82, 2.24) is 29.7 Å². The molecule has 316 valence electrons. The van der Waals surface area contributed by atoms with Gasteiger partial charge in [0.25, 0.3) is 11.8 Å². The first-order valence-electron chi connectivity index (χ1n) is 19.6. The fourth-order valence-electron chi connectivity index (χ4n) is 6.11.